The molecule has 0 aliphatic heterocycles. The number of ether oxygens (including phenoxy) is 1. The standard InChI is InChI=1S/C11H17N3O3/c1-4-11(2,7-15)14-8-5-6-12-9(13-8)10(16)17-3/h5-6,15H,4,7H2,1-3H3,(H,12,13,14). The summed E-state index contributed by atoms with van der Waals surface area (Å²) in [4.78, 5) is 19.1. The van der Waals surface area contributed by atoms with Crippen molar-refractivity contribution in [2.24, 2.45) is 0 Å². The van der Waals surface area contributed by atoms with Crippen LogP contribution in [0.25, 0.3) is 0 Å². The molecule has 1 aromatic rings. The highest BCUT2D eigenvalue weighted by Crippen LogP contribution is 2.15. The van der Waals surface area contributed by atoms with Gasteiger partial charge in [0.1, 0.15) is 5.82 Å². The molecule has 1 aromatic heterocycles. The normalized spacial score (nSPS) is 13.9. The fraction of sp³-hybridized carbons (Fsp3) is 0.545. The molecule has 0 fully saturated rings. The van der Waals surface area contributed by atoms with E-state index in [4.69, 9.17) is 0 Å². The number of carbonyl (C=O) groups excluding carboxylic acids is 1. The SMILES string of the molecule is CCC(C)(CO)Nc1ccnc(C(=O)OC)n1. The number of hydrogen-bond acceptors (Lipinski definition) is 6. The van der Waals surface area contributed by atoms with E-state index in [9.17, 15) is 9.90 Å². The van der Waals surface area contributed by atoms with Crippen molar-refractivity contribution in [3.63, 3.8) is 0 Å². The molecule has 1 rings (SSSR count). The van der Waals surface area contributed by atoms with Crippen molar-refractivity contribution in [1.29, 1.82) is 0 Å². The van der Waals surface area contributed by atoms with Crippen LogP contribution in [0.3, 0.4) is 0 Å². The Morgan fingerprint density at radius 1 is 1.65 bits per heavy atom. The van der Waals surface area contributed by atoms with Crippen molar-refractivity contribution in [2.75, 3.05) is 19.0 Å². The van der Waals surface area contributed by atoms with Gasteiger partial charge in [-0.05, 0) is 19.4 Å². The average Bonchev–Trinajstić information content (AvgIpc) is 2.38. The third-order valence-electron chi connectivity index (χ3n) is 2.58. The molecule has 2 N–H and O–H groups in total. The van der Waals surface area contributed by atoms with E-state index < -0.39 is 11.5 Å². The Labute approximate surface area is 100 Å². The largest absolute Gasteiger partial charge is 0.463 e. The summed E-state index contributed by atoms with van der Waals surface area (Å²) in [5.74, 6) is -0.108. The van der Waals surface area contributed by atoms with Crippen LogP contribution in [0.2, 0.25) is 0 Å². The molecule has 94 valence electrons. The van der Waals surface area contributed by atoms with Gasteiger partial charge in [0.05, 0.1) is 19.3 Å². The van der Waals surface area contributed by atoms with Crippen molar-refractivity contribution >= 4 is 11.8 Å². The maximum absolute atomic E-state index is 11.2. The minimum atomic E-state index is -0.587. The van der Waals surface area contributed by atoms with E-state index in [-0.39, 0.29) is 12.4 Å². The molecule has 0 saturated heterocycles. The number of aliphatic hydroxyl groups excluding tert-OH is 1. The van der Waals surface area contributed by atoms with E-state index >= 15 is 0 Å². The highest BCUT2D eigenvalue weighted by atomic mass is 16.5. The second-order valence-corrected chi connectivity index (χ2v) is 3.95. The van der Waals surface area contributed by atoms with Crippen molar-refractivity contribution in [2.45, 2.75) is 25.8 Å². The summed E-state index contributed by atoms with van der Waals surface area (Å²) in [7, 11) is 1.27. The molecular formula is C11H17N3O3. The monoisotopic (exact) mass is 239 g/mol. The molecule has 0 radical (unpaired) electrons. The number of aliphatic hydroxyl groups is 1. The summed E-state index contributed by atoms with van der Waals surface area (Å²) in [6, 6.07) is 1.63. The maximum Gasteiger partial charge on any atom is 0.376 e. The predicted molar refractivity (Wildman–Crippen MR) is 62.8 cm³/mol. The van der Waals surface area contributed by atoms with Gasteiger partial charge in [0.25, 0.3) is 0 Å². The number of aromatic nitrogens is 2. The number of carbonyl (C=O) groups is 1. The Morgan fingerprint density at radius 3 is 2.88 bits per heavy atom. The Morgan fingerprint density at radius 2 is 2.35 bits per heavy atom. The second-order valence-electron chi connectivity index (χ2n) is 3.95. The third-order valence-corrected chi connectivity index (χ3v) is 2.58. The number of anilines is 1. The van der Waals surface area contributed by atoms with Gasteiger partial charge in [0, 0.05) is 6.20 Å². The van der Waals surface area contributed by atoms with Gasteiger partial charge >= 0.3 is 5.97 Å². The second kappa shape index (κ2) is 5.58. The number of nitrogens with one attached hydrogen (secondary N) is 1. The fourth-order valence-corrected chi connectivity index (χ4v) is 1.17. The summed E-state index contributed by atoms with van der Waals surface area (Å²) >= 11 is 0. The molecule has 0 aliphatic rings. The summed E-state index contributed by atoms with van der Waals surface area (Å²) in [6.45, 7) is 3.79. The number of esters is 1. The predicted octanol–water partition coefficient (Wildman–Crippen LogP) is 0.836. The number of hydrogen-bond donors (Lipinski definition) is 2. The zero-order chi connectivity index (χ0) is 12.9. The number of nitrogens with zero attached hydrogens (tertiary/aromatic N) is 2. The first-order valence-corrected chi connectivity index (χ1v) is 5.35. The lowest BCUT2D eigenvalue weighted by atomic mass is 10.0. The Kier molecular flexibility index (Phi) is 4.39. The molecule has 17 heavy (non-hydrogen) atoms. The molecule has 1 atom stereocenters. The molecule has 0 aromatic carbocycles. The summed E-state index contributed by atoms with van der Waals surface area (Å²) in [6.07, 6.45) is 2.19. The lowest BCUT2D eigenvalue weighted by molar-refractivity contribution is 0.0587. The molecular weight excluding hydrogens is 222 g/mol. The first kappa shape index (κ1) is 13.4. The maximum atomic E-state index is 11.2. The van der Waals surface area contributed by atoms with Gasteiger partial charge in [-0.25, -0.2) is 14.8 Å². The highest BCUT2D eigenvalue weighted by molar-refractivity contribution is 5.85. The van der Waals surface area contributed by atoms with E-state index in [1.807, 2.05) is 13.8 Å². The number of rotatable bonds is 5. The van der Waals surface area contributed by atoms with Gasteiger partial charge < -0.3 is 15.2 Å². The Bertz CT molecular complexity index is 391. The minimum absolute atomic E-state index is 0.00565. The molecule has 1 heterocycles. The Balaban J connectivity index is 2.89. The van der Waals surface area contributed by atoms with Gasteiger partial charge in [-0.2, -0.15) is 0 Å². The molecule has 0 bridgehead atoms. The van der Waals surface area contributed by atoms with E-state index in [0.717, 1.165) is 6.42 Å². The van der Waals surface area contributed by atoms with Crippen LogP contribution in [0, 0.1) is 0 Å². The molecule has 0 spiro atoms. The van der Waals surface area contributed by atoms with Crippen LogP contribution in [0.5, 0.6) is 0 Å². The van der Waals surface area contributed by atoms with Crippen LogP contribution >= 0.6 is 0 Å². The van der Waals surface area contributed by atoms with Gasteiger partial charge in [0.15, 0.2) is 0 Å². The van der Waals surface area contributed by atoms with Crippen LogP contribution in [0.4, 0.5) is 5.82 Å². The fourth-order valence-electron chi connectivity index (χ4n) is 1.17. The van der Waals surface area contributed by atoms with Gasteiger partial charge in [-0.15, -0.1) is 0 Å². The molecule has 1 unspecified atom stereocenters. The van der Waals surface area contributed by atoms with Crippen molar-refractivity contribution in [3.05, 3.63) is 18.1 Å². The van der Waals surface area contributed by atoms with Crippen molar-refractivity contribution in [3.8, 4) is 0 Å². The molecule has 0 aliphatic carbocycles. The van der Waals surface area contributed by atoms with Gasteiger partial charge in [-0.3, -0.25) is 0 Å². The van der Waals surface area contributed by atoms with Gasteiger partial charge in [-0.1, -0.05) is 6.92 Å². The van der Waals surface area contributed by atoms with Crippen LogP contribution in [-0.4, -0.2) is 40.3 Å². The van der Waals surface area contributed by atoms with E-state index in [1.54, 1.807) is 6.07 Å². The first-order valence-electron chi connectivity index (χ1n) is 5.35. The topological polar surface area (TPSA) is 84.3 Å². The summed E-state index contributed by atoms with van der Waals surface area (Å²) in [5.41, 5.74) is -0.470. The molecule has 6 heteroatoms. The first-order chi connectivity index (χ1) is 8.04. The summed E-state index contributed by atoms with van der Waals surface area (Å²) < 4.78 is 4.53. The zero-order valence-electron chi connectivity index (χ0n) is 10.2. The lowest BCUT2D eigenvalue weighted by Gasteiger charge is -2.27. The highest BCUT2D eigenvalue weighted by Gasteiger charge is 2.21. The van der Waals surface area contributed by atoms with Gasteiger partial charge in [0.2, 0.25) is 5.82 Å². The average molecular weight is 239 g/mol. The van der Waals surface area contributed by atoms with Crippen LogP contribution in [-0.2, 0) is 4.74 Å². The number of methoxy groups -OCH3 is 1. The van der Waals surface area contributed by atoms with Crippen LogP contribution in [0.1, 0.15) is 30.9 Å². The minimum Gasteiger partial charge on any atom is -0.463 e. The quantitative estimate of drug-likeness (QED) is 0.740. The molecule has 6 nitrogen and oxygen atoms in total. The molecule has 0 saturated carbocycles. The molecule has 0 amide bonds. The van der Waals surface area contributed by atoms with Crippen molar-refractivity contribution in [1.82, 2.24) is 9.97 Å². The van der Waals surface area contributed by atoms with E-state index in [2.05, 4.69) is 20.0 Å². The smallest absolute Gasteiger partial charge is 0.376 e. The zero-order valence-corrected chi connectivity index (χ0v) is 10.2. The van der Waals surface area contributed by atoms with Crippen molar-refractivity contribution < 1.29 is 14.6 Å². The van der Waals surface area contributed by atoms with E-state index in [0.29, 0.717) is 5.82 Å². The van der Waals surface area contributed by atoms with E-state index in [1.165, 1.54) is 13.3 Å². The lowest BCUT2D eigenvalue weighted by Crippen LogP contribution is -2.38. The summed E-state index contributed by atoms with van der Waals surface area (Å²) in [5, 5.41) is 12.3. The van der Waals surface area contributed by atoms with Crippen LogP contribution in [0.15, 0.2) is 12.3 Å². The van der Waals surface area contributed by atoms with Crippen LogP contribution < -0.4 is 5.32 Å². The Hall–Kier alpha value is -1.69. The third kappa shape index (κ3) is 3.39.